The molecule has 0 aliphatic carbocycles. The Morgan fingerprint density at radius 3 is 2.50 bits per heavy atom. The lowest BCUT2D eigenvalue weighted by Crippen LogP contribution is -2.46. The second kappa shape index (κ2) is 9.14. The smallest absolute Gasteiger partial charge is 0.330 e. The van der Waals surface area contributed by atoms with Gasteiger partial charge in [0.2, 0.25) is 0 Å². The van der Waals surface area contributed by atoms with E-state index in [1.54, 1.807) is 12.1 Å². The number of anilines is 1. The molecule has 146 valence electrons. The van der Waals surface area contributed by atoms with Crippen molar-refractivity contribution in [2.45, 2.75) is 6.54 Å². The lowest BCUT2D eigenvalue weighted by atomic mass is 10.1. The lowest BCUT2D eigenvalue weighted by Gasteiger charge is -2.35. The van der Waals surface area contributed by atoms with Crippen LogP contribution in [-0.2, 0) is 16.1 Å². The number of benzene rings is 2. The summed E-state index contributed by atoms with van der Waals surface area (Å²) in [7, 11) is 1.29. The van der Waals surface area contributed by atoms with E-state index in [2.05, 4.69) is 21.8 Å². The van der Waals surface area contributed by atoms with Crippen molar-refractivity contribution in [2.24, 2.45) is 0 Å². The van der Waals surface area contributed by atoms with Gasteiger partial charge in [-0.25, -0.2) is 4.79 Å². The van der Waals surface area contributed by atoms with Gasteiger partial charge in [-0.3, -0.25) is 15.0 Å². The molecule has 2 aromatic rings. The summed E-state index contributed by atoms with van der Waals surface area (Å²) < 4.78 is 4.55. The molecule has 1 saturated heterocycles. The van der Waals surface area contributed by atoms with Gasteiger partial charge in [0.1, 0.15) is 5.69 Å². The van der Waals surface area contributed by atoms with Crippen LogP contribution in [0.1, 0.15) is 11.1 Å². The summed E-state index contributed by atoms with van der Waals surface area (Å²) in [5, 5.41) is 11.6. The Kier molecular flexibility index (Phi) is 6.39. The van der Waals surface area contributed by atoms with E-state index >= 15 is 0 Å². The highest BCUT2D eigenvalue weighted by Crippen LogP contribution is 2.30. The second-order valence-electron chi connectivity index (χ2n) is 6.61. The standard InChI is InChI=1S/C21H23N3O4/c1-28-21(25)10-8-17-7-9-19(20(15-17)24(26)27)23-13-11-22(12-14-23)16-18-5-3-2-4-6-18/h2-10,15H,11-14,16H2,1H3/b10-8+. The minimum absolute atomic E-state index is 0.0449. The van der Waals surface area contributed by atoms with Gasteiger partial charge in [0.15, 0.2) is 0 Å². The number of hydrogen-bond acceptors (Lipinski definition) is 6. The van der Waals surface area contributed by atoms with Gasteiger partial charge in [0, 0.05) is 44.9 Å². The maximum absolute atomic E-state index is 11.6. The molecule has 1 aliphatic heterocycles. The third kappa shape index (κ3) is 4.95. The summed E-state index contributed by atoms with van der Waals surface area (Å²) >= 11 is 0. The molecule has 0 unspecified atom stereocenters. The van der Waals surface area contributed by atoms with Crippen LogP contribution in [0.25, 0.3) is 6.08 Å². The van der Waals surface area contributed by atoms with Crippen LogP contribution >= 0.6 is 0 Å². The molecule has 7 heteroatoms. The summed E-state index contributed by atoms with van der Waals surface area (Å²) in [6, 6.07) is 15.3. The van der Waals surface area contributed by atoms with E-state index in [9.17, 15) is 14.9 Å². The van der Waals surface area contributed by atoms with Crippen molar-refractivity contribution in [1.82, 2.24) is 4.90 Å². The Morgan fingerprint density at radius 1 is 1.14 bits per heavy atom. The third-order valence-electron chi connectivity index (χ3n) is 4.77. The number of piperazine rings is 1. The predicted molar refractivity (Wildman–Crippen MR) is 108 cm³/mol. The molecule has 0 aromatic heterocycles. The monoisotopic (exact) mass is 381 g/mol. The van der Waals surface area contributed by atoms with E-state index in [1.165, 1.54) is 30.9 Å². The van der Waals surface area contributed by atoms with Crippen LogP contribution in [-0.4, -0.2) is 49.1 Å². The number of ether oxygens (including phenoxy) is 1. The molecule has 1 fully saturated rings. The van der Waals surface area contributed by atoms with Crippen LogP contribution in [0.4, 0.5) is 11.4 Å². The first-order chi connectivity index (χ1) is 13.6. The topological polar surface area (TPSA) is 75.9 Å². The molecule has 0 radical (unpaired) electrons. The number of carbonyl (C=O) groups excluding carboxylic acids is 1. The molecule has 0 saturated carbocycles. The molecular formula is C21H23N3O4. The molecule has 1 aliphatic rings. The normalized spacial score (nSPS) is 15.0. The maximum Gasteiger partial charge on any atom is 0.330 e. The molecule has 0 N–H and O–H groups in total. The van der Waals surface area contributed by atoms with E-state index in [0.717, 1.165) is 32.7 Å². The largest absolute Gasteiger partial charge is 0.466 e. The van der Waals surface area contributed by atoms with Crippen molar-refractivity contribution < 1.29 is 14.5 Å². The quantitative estimate of drug-likeness (QED) is 0.331. The maximum atomic E-state index is 11.6. The molecule has 0 bridgehead atoms. The summed E-state index contributed by atoms with van der Waals surface area (Å²) in [4.78, 5) is 26.8. The molecule has 0 atom stereocenters. The molecule has 1 heterocycles. The molecule has 3 rings (SSSR count). The van der Waals surface area contributed by atoms with Crippen molar-refractivity contribution in [3.63, 3.8) is 0 Å². The van der Waals surface area contributed by atoms with E-state index in [4.69, 9.17) is 0 Å². The highest BCUT2D eigenvalue weighted by Gasteiger charge is 2.24. The average molecular weight is 381 g/mol. The molecule has 0 amide bonds. The number of methoxy groups -OCH3 is 1. The first-order valence-electron chi connectivity index (χ1n) is 9.12. The van der Waals surface area contributed by atoms with Crippen LogP contribution in [0.5, 0.6) is 0 Å². The second-order valence-corrected chi connectivity index (χ2v) is 6.61. The number of hydrogen-bond donors (Lipinski definition) is 0. The van der Waals surface area contributed by atoms with Gasteiger partial charge in [-0.15, -0.1) is 0 Å². The van der Waals surface area contributed by atoms with Gasteiger partial charge in [0.05, 0.1) is 12.0 Å². The van der Waals surface area contributed by atoms with Gasteiger partial charge in [-0.1, -0.05) is 36.4 Å². The van der Waals surface area contributed by atoms with Crippen molar-refractivity contribution in [3.05, 3.63) is 75.8 Å². The van der Waals surface area contributed by atoms with Gasteiger partial charge in [0.25, 0.3) is 5.69 Å². The number of nitro groups is 1. The molecule has 28 heavy (non-hydrogen) atoms. The summed E-state index contributed by atoms with van der Waals surface area (Å²) in [6.45, 7) is 4.02. The van der Waals surface area contributed by atoms with Gasteiger partial charge in [-0.05, 0) is 23.3 Å². The van der Waals surface area contributed by atoms with Crippen LogP contribution in [0.3, 0.4) is 0 Å². The van der Waals surface area contributed by atoms with Gasteiger partial charge >= 0.3 is 5.97 Å². The van der Waals surface area contributed by atoms with Crippen molar-refractivity contribution in [1.29, 1.82) is 0 Å². The Bertz CT molecular complexity index is 859. The Balaban J connectivity index is 1.69. The van der Waals surface area contributed by atoms with Crippen molar-refractivity contribution in [2.75, 3.05) is 38.2 Å². The van der Waals surface area contributed by atoms with Crippen LogP contribution in [0, 0.1) is 10.1 Å². The summed E-state index contributed by atoms with van der Waals surface area (Å²) in [6.07, 6.45) is 2.77. The van der Waals surface area contributed by atoms with Crippen LogP contribution in [0.15, 0.2) is 54.6 Å². The van der Waals surface area contributed by atoms with Crippen molar-refractivity contribution in [3.8, 4) is 0 Å². The van der Waals surface area contributed by atoms with E-state index in [0.29, 0.717) is 11.3 Å². The summed E-state index contributed by atoms with van der Waals surface area (Å²) in [5.74, 6) is -0.499. The number of esters is 1. The van der Waals surface area contributed by atoms with E-state index < -0.39 is 5.97 Å². The van der Waals surface area contributed by atoms with Gasteiger partial charge in [-0.2, -0.15) is 0 Å². The highest BCUT2D eigenvalue weighted by atomic mass is 16.6. The zero-order chi connectivity index (χ0) is 19.9. The Morgan fingerprint density at radius 2 is 1.86 bits per heavy atom. The van der Waals surface area contributed by atoms with Crippen LogP contribution < -0.4 is 4.90 Å². The number of nitrogens with zero attached hydrogens (tertiary/aromatic N) is 3. The van der Waals surface area contributed by atoms with E-state index in [1.807, 2.05) is 23.1 Å². The SMILES string of the molecule is COC(=O)/C=C/c1ccc(N2CCN(Cc3ccccc3)CC2)c([N+](=O)[O-])c1. The third-order valence-corrected chi connectivity index (χ3v) is 4.77. The molecule has 7 nitrogen and oxygen atoms in total. The first kappa shape index (κ1) is 19.6. The molecule has 2 aromatic carbocycles. The fourth-order valence-corrected chi connectivity index (χ4v) is 3.28. The van der Waals surface area contributed by atoms with Gasteiger partial charge < -0.3 is 9.64 Å². The Labute approximate surface area is 164 Å². The molecule has 0 spiro atoms. The number of rotatable bonds is 6. The first-order valence-corrected chi connectivity index (χ1v) is 9.12. The van der Waals surface area contributed by atoms with E-state index in [-0.39, 0.29) is 10.6 Å². The van der Waals surface area contributed by atoms with Crippen molar-refractivity contribution >= 4 is 23.4 Å². The number of carbonyl (C=O) groups is 1. The van der Waals surface area contributed by atoms with Crippen LogP contribution in [0.2, 0.25) is 0 Å². The predicted octanol–water partition coefficient (Wildman–Crippen LogP) is 3.10. The lowest BCUT2D eigenvalue weighted by molar-refractivity contribution is -0.384. The minimum atomic E-state index is -0.499. The summed E-state index contributed by atoms with van der Waals surface area (Å²) in [5.41, 5.74) is 2.51. The fourth-order valence-electron chi connectivity index (χ4n) is 3.28. The minimum Gasteiger partial charge on any atom is -0.466 e. The number of nitro benzene ring substituents is 1. The Hall–Kier alpha value is -3.19. The zero-order valence-electron chi connectivity index (χ0n) is 15.8. The highest BCUT2D eigenvalue weighted by molar-refractivity contribution is 5.87. The zero-order valence-corrected chi connectivity index (χ0v) is 15.8. The average Bonchev–Trinajstić information content (AvgIpc) is 2.73. The fraction of sp³-hybridized carbons (Fsp3) is 0.286. The molecular weight excluding hydrogens is 358 g/mol.